The van der Waals surface area contributed by atoms with Crippen molar-refractivity contribution in [3.63, 3.8) is 0 Å². The van der Waals surface area contributed by atoms with Crippen molar-refractivity contribution >= 4 is 12.1 Å². The summed E-state index contributed by atoms with van der Waals surface area (Å²) < 4.78 is 10.4. The van der Waals surface area contributed by atoms with E-state index in [1.165, 1.54) is 7.11 Å². The van der Waals surface area contributed by atoms with Crippen molar-refractivity contribution in [1.82, 2.24) is 10.2 Å². The Morgan fingerprint density at radius 1 is 1.24 bits per heavy atom. The lowest BCUT2D eigenvalue weighted by Gasteiger charge is -2.38. The first-order valence-electron chi connectivity index (χ1n) is 8.63. The molecule has 138 valence electrons. The number of esters is 1. The average molecular weight is 348 g/mol. The van der Waals surface area contributed by atoms with Gasteiger partial charge in [-0.25, -0.2) is 4.79 Å². The van der Waals surface area contributed by atoms with Gasteiger partial charge in [0.1, 0.15) is 5.60 Å². The Balaban J connectivity index is 2.00. The molecule has 1 aromatic rings. The van der Waals surface area contributed by atoms with Crippen molar-refractivity contribution in [2.75, 3.05) is 20.2 Å². The molecule has 1 aromatic carbocycles. The number of piperidine rings is 1. The summed E-state index contributed by atoms with van der Waals surface area (Å²) in [6, 6.07) is 9.98. The molecule has 25 heavy (non-hydrogen) atoms. The number of nitrogens with one attached hydrogen (secondary N) is 1. The zero-order chi connectivity index (χ0) is 18.4. The second kappa shape index (κ2) is 8.34. The second-order valence-corrected chi connectivity index (χ2v) is 7.32. The van der Waals surface area contributed by atoms with E-state index in [-0.39, 0.29) is 18.1 Å². The van der Waals surface area contributed by atoms with Gasteiger partial charge in [0.05, 0.1) is 13.0 Å². The highest BCUT2D eigenvalue weighted by atomic mass is 16.6. The van der Waals surface area contributed by atoms with Gasteiger partial charge in [-0.3, -0.25) is 4.79 Å². The lowest BCUT2D eigenvalue weighted by Crippen LogP contribution is -2.54. The molecule has 6 nitrogen and oxygen atoms in total. The summed E-state index contributed by atoms with van der Waals surface area (Å²) in [4.78, 5) is 26.1. The number of benzene rings is 1. The van der Waals surface area contributed by atoms with Gasteiger partial charge >= 0.3 is 12.1 Å². The maximum absolute atomic E-state index is 12.3. The van der Waals surface area contributed by atoms with E-state index < -0.39 is 11.5 Å². The molecule has 2 rings (SSSR count). The minimum absolute atomic E-state index is 0.0358. The van der Waals surface area contributed by atoms with Gasteiger partial charge in [-0.2, -0.15) is 0 Å². The van der Waals surface area contributed by atoms with Crippen LogP contribution < -0.4 is 5.32 Å². The summed E-state index contributed by atoms with van der Waals surface area (Å²) in [5.41, 5.74) is 0.598. The number of hydrogen-bond acceptors (Lipinski definition) is 5. The number of carbonyl (C=O) groups excluding carboxylic acids is 2. The molecule has 0 radical (unpaired) electrons. The quantitative estimate of drug-likeness (QED) is 0.847. The lowest BCUT2D eigenvalue weighted by atomic mass is 9.92. The Morgan fingerprint density at radius 2 is 1.92 bits per heavy atom. The molecule has 0 unspecified atom stereocenters. The van der Waals surface area contributed by atoms with Gasteiger partial charge in [-0.1, -0.05) is 30.3 Å². The van der Waals surface area contributed by atoms with E-state index in [0.717, 1.165) is 5.56 Å². The molecule has 1 N–H and O–H groups in total. The molecule has 0 aromatic heterocycles. The molecule has 0 bridgehead atoms. The fourth-order valence-electron chi connectivity index (χ4n) is 2.92. The van der Waals surface area contributed by atoms with E-state index in [2.05, 4.69) is 5.32 Å². The minimum Gasteiger partial charge on any atom is -0.469 e. The van der Waals surface area contributed by atoms with E-state index in [4.69, 9.17) is 9.47 Å². The van der Waals surface area contributed by atoms with Crippen molar-refractivity contribution in [3.8, 4) is 0 Å². The van der Waals surface area contributed by atoms with Crippen LogP contribution in [0, 0.1) is 5.92 Å². The van der Waals surface area contributed by atoms with Gasteiger partial charge < -0.3 is 19.7 Å². The minimum atomic E-state index is -0.555. The highest BCUT2D eigenvalue weighted by Crippen LogP contribution is 2.21. The first kappa shape index (κ1) is 19.2. The summed E-state index contributed by atoms with van der Waals surface area (Å²) in [5, 5.41) is 3.43. The standard InChI is InChI=1S/C19H28N2O4/c1-19(2,3)25-18(23)21-11-10-16(15(13-21)17(22)24-4)20-12-14-8-6-5-7-9-14/h5-9,15-16,20H,10-13H2,1-4H3/t15-,16+/m0/s1. The predicted octanol–water partition coefficient (Wildman–Crippen LogP) is 2.57. The smallest absolute Gasteiger partial charge is 0.410 e. The number of ether oxygens (including phenoxy) is 2. The zero-order valence-electron chi connectivity index (χ0n) is 15.5. The molecule has 0 spiro atoms. The van der Waals surface area contributed by atoms with Crippen molar-refractivity contribution in [1.29, 1.82) is 0 Å². The maximum Gasteiger partial charge on any atom is 0.410 e. The number of methoxy groups -OCH3 is 1. The molecule has 1 heterocycles. The SMILES string of the molecule is COC(=O)[C@H]1CN(C(=O)OC(C)(C)C)CC[C@H]1NCc1ccccc1. The van der Waals surface area contributed by atoms with Gasteiger partial charge in [0.15, 0.2) is 0 Å². The van der Waals surface area contributed by atoms with E-state index in [0.29, 0.717) is 26.1 Å². The number of carbonyl (C=O) groups is 2. The van der Waals surface area contributed by atoms with Gasteiger partial charge in [0.2, 0.25) is 0 Å². The van der Waals surface area contributed by atoms with Crippen LogP contribution in [0.1, 0.15) is 32.8 Å². The third-order valence-electron chi connectivity index (χ3n) is 4.18. The Labute approximate surface area is 149 Å². The van der Waals surface area contributed by atoms with Crippen molar-refractivity contribution in [3.05, 3.63) is 35.9 Å². The van der Waals surface area contributed by atoms with Crippen LogP contribution in [-0.2, 0) is 20.8 Å². The summed E-state index contributed by atoms with van der Waals surface area (Å²) >= 11 is 0. The molecular formula is C19H28N2O4. The van der Waals surface area contributed by atoms with Crippen molar-refractivity contribution in [2.24, 2.45) is 5.92 Å². The fourth-order valence-corrected chi connectivity index (χ4v) is 2.92. The largest absolute Gasteiger partial charge is 0.469 e. The molecule has 0 aliphatic carbocycles. The van der Waals surface area contributed by atoms with Crippen molar-refractivity contribution in [2.45, 2.75) is 45.4 Å². The Kier molecular flexibility index (Phi) is 6.42. The third kappa shape index (κ3) is 5.74. The first-order valence-corrected chi connectivity index (χ1v) is 8.63. The van der Waals surface area contributed by atoms with Crippen LogP contribution >= 0.6 is 0 Å². The summed E-state index contributed by atoms with van der Waals surface area (Å²) in [6.45, 7) is 7.01. The number of hydrogen-bond donors (Lipinski definition) is 1. The Morgan fingerprint density at radius 3 is 2.52 bits per heavy atom. The molecule has 1 aliphatic heterocycles. The van der Waals surface area contributed by atoms with Gasteiger partial charge in [0, 0.05) is 25.7 Å². The van der Waals surface area contributed by atoms with Crippen LogP contribution in [-0.4, -0.2) is 48.8 Å². The molecule has 2 atom stereocenters. The Bertz CT molecular complexity index is 583. The molecular weight excluding hydrogens is 320 g/mol. The molecule has 6 heteroatoms. The number of nitrogens with zero attached hydrogens (tertiary/aromatic N) is 1. The summed E-state index contributed by atoms with van der Waals surface area (Å²) in [6.07, 6.45) is 0.286. The van der Waals surface area contributed by atoms with Crippen LogP contribution in [0.2, 0.25) is 0 Å². The molecule has 1 saturated heterocycles. The van der Waals surface area contributed by atoms with Crippen LogP contribution in [0.3, 0.4) is 0 Å². The number of amides is 1. The normalized spacial score (nSPS) is 20.9. The van der Waals surface area contributed by atoms with Gasteiger partial charge in [-0.15, -0.1) is 0 Å². The lowest BCUT2D eigenvalue weighted by molar-refractivity contribution is -0.148. The molecule has 1 fully saturated rings. The highest BCUT2D eigenvalue weighted by Gasteiger charge is 2.37. The summed E-state index contributed by atoms with van der Waals surface area (Å²) in [5.74, 6) is -0.714. The molecule has 1 aliphatic rings. The topological polar surface area (TPSA) is 67.9 Å². The van der Waals surface area contributed by atoms with Gasteiger partial charge in [-0.05, 0) is 32.8 Å². The van der Waals surface area contributed by atoms with E-state index >= 15 is 0 Å². The highest BCUT2D eigenvalue weighted by molar-refractivity contribution is 5.75. The maximum atomic E-state index is 12.3. The van der Waals surface area contributed by atoms with Crippen LogP contribution in [0.25, 0.3) is 0 Å². The van der Waals surface area contributed by atoms with E-state index in [1.807, 2.05) is 51.1 Å². The van der Waals surface area contributed by atoms with Crippen LogP contribution in [0.5, 0.6) is 0 Å². The first-order chi connectivity index (χ1) is 11.8. The average Bonchev–Trinajstić information content (AvgIpc) is 2.58. The fraction of sp³-hybridized carbons (Fsp3) is 0.579. The Hall–Kier alpha value is -2.08. The van der Waals surface area contributed by atoms with E-state index in [1.54, 1.807) is 4.90 Å². The van der Waals surface area contributed by atoms with E-state index in [9.17, 15) is 9.59 Å². The van der Waals surface area contributed by atoms with Crippen LogP contribution in [0.4, 0.5) is 4.79 Å². The molecule has 0 saturated carbocycles. The monoisotopic (exact) mass is 348 g/mol. The number of likely N-dealkylation sites (tertiary alicyclic amines) is 1. The zero-order valence-corrected chi connectivity index (χ0v) is 15.5. The second-order valence-electron chi connectivity index (χ2n) is 7.32. The third-order valence-corrected chi connectivity index (χ3v) is 4.18. The predicted molar refractivity (Wildman–Crippen MR) is 95.0 cm³/mol. The van der Waals surface area contributed by atoms with Gasteiger partial charge in [0.25, 0.3) is 0 Å². The molecule has 1 amide bonds. The number of rotatable bonds is 4. The summed E-state index contributed by atoms with van der Waals surface area (Å²) in [7, 11) is 1.38. The van der Waals surface area contributed by atoms with Crippen LogP contribution in [0.15, 0.2) is 30.3 Å². The van der Waals surface area contributed by atoms with Crippen molar-refractivity contribution < 1.29 is 19.1 Å².